The molecule has 13 heteroatoms. The number of aliphatic hydroxyl groups excluding tert-OH is 2. The fourth-order valence-electron chi connectivity index (χ4n) is 4.13. The van der Waals surface area contributed by atoms with Crippen LogP contribution in [0.15, 0.2) is 6.33 Å². The molecule has 2 saturated heterocycles. The summed E-state index contributed by atoms with van der Waals surface area (Å²) in [7, 11) is 0. The average Bonchev–Trinajstić information content (AvgIpc) is 3.36. The van der Waals surface area contributed by atoms with Gasteiger partial charge >= 0.3 is 5.97 Å². The number of ether oxygens (including phenoxy) is 1. The number of carbonyl (C=O) groups is 2. The van der Waals surface area contributed by atoms with E-state index in [-0.39, 0.29) is 28.7 Å². The zero-order valence-corrected chi connectivity index (χ0v) is 18.6. The number of nitrogens with two attached hydrogens (primary N) is 1. The standard InChI is InChI=1S/C21H27N7O6/c1-2-23-19(31)16-14(29)15(30)20(34-16)28-10-24-13-17(22)25-12(26-18(13)28)4-3-7-27-8-5-11(6-9-27)21(32)33/h10-11,14-16,20,29-30H,2,5-9H2,1H3,(H,23,31)(H,32,33)(H2,22,25,26)/t14-,15+,16+,20-/m1/s1. The van der Waals surface area contributed by atoms with Crippen molar-refractivity contribution in [3.8, 4) is 11.8 Å². The van der Waals surface area contributed by atoms with Gasteiger partial charge in [0.15, 0.2) is 23.8 Å². The molecule has 2 fully saturated rings. The Kier molecular flexibility index (Phi) is 6.94. The van der Waals surface area contributed by atoms with Gasteiger partial charge in [-0.2, -0.15) is 0 Å². The Morgan fingerprint density at radius 1 is 1.26 bits per heavy atom. The summed E-state index contributed by atoms with van der Waals surface area (Å²) in [6.45, 7) is 3.80. The number of hydrogen-bond acceptors (Lipinski definition) is 10. The molecule has 4 heterocycles. The van der Waals surface area contributed by atoms with E-state index in [1.807, 2.05) is 0 Å². The van der Waals surface area contributed by atoms with E-state index in [9.17, 15) is 19.8 Å². The largest absolute Gasteiger partial charge is 0.481 e. The molecule has 2 aliphatic heterocycles. The van der Waals surface area contributed by atoms with Crippen LogP contribution >= 0.6 is 0 Å². The second kappa shape index (κ2) is 9.90. The first-order valence-corrected chi connectivity index (χ1v) is 11.0. The average molecular weight is 473 g/mol. The van der Waals surface area contributed by atoms with Crippen LogP contribution in [0.1, 0.15) is 31.8 Å². The number of rotatable bonds is 5. The number of piperidine rings is 1. The van der Waals surface area contributed by atoms with Crippen LogP contribution in [0.5, 0.6) is 0 Å². The first-order valence-electron chi connectivity index (χ1n) is 11.0. The molecule has 2 aliphatic rings. The Labute approximate surface area is 194 Å². The van der Waals surface area contributed by atoms with Gasteiger partial charge in [-0.25, -0.2) is 15.0 Å². The van der Waals surface area contributed by atoms with Gasteiger partial charge in [-0.15, -0.1) is 0 Å². The number of fused-ring (bicyclic) bond motifs is 1. The molecule has 0 bridgehead atoms. The maximum atomic E-state index is 12.2. The van der Waals surface area contributed by atoms with Crippen molar-refractivity contribution in [1.29, 1.82) is 0 Å². The van der Waals surface area contributed by atoms with Gasteiger partial charge in [0.05, 0.1) is 18.8 Å². The predicted octanol–water partition coefficient (Wildman–Crippen LogP) is -1.69. The summed E-state index contributed by atoms with van der Waals surface area (Å²) in [5, 5.41) is 32.5. The minimum Gasteiger partial charge on any atom is -0.481 e. The van der Waals surface area contributed by atoms with E-state index >= 15 is 0 Å². The molecule has 2 aromatic heterocycles. The number of likely N-dealkylation sites (tertiary alicyclic amines) is 1. The molecule has 2 aromatic rings. The van der Waals surface area contributed by atoms with Crippen molar-refractivity contribution in [1.82, 2.24) is 29.7 Å². The summed E-state index contributed by atoms with van der Waals surface area (Å²) < 4.78 is 7.03. The Morgan fingerprint density at radius 2 is 2.00 bits per heavy atom. The van der Waals surface area contributed by atoms with Crippen LogP contribution in [-0.2, 0) is 14.3 Å². The first-order chi connectivity index (χ1) is 16.3. The SMILES string of the molecule is CCNC(=O)[C@H]1O[C@@H](n2cnc3c(N)nc(C#CCN4CCC(C(=O)O)CC4)nc32)[C@@H](O)[C@H]1O. The number of nitrogens with one attached hydrogen (secondary N) is 1. The van der Waals surface area contributed by atoms with Gasteiger partial charge in [0.2, 0.25) is 5.82 Å². The summed E-state index contributed by atoms with van der Waals surface area (Å²) in [6.07, 6.45) is -2.68. The number of amides is 1. The van der Waals surface area contributed by atoms with Crippen LogP contribution in [0, 0.1) is 17.8 Å². The van der Waals surface area contributed by atoms with E-state index in [1.165, 1.54) is 10.9 Å². The lowest BCUT2D eigenvalue weighted by atomic mass is 9.97. The molecule has 0 unspecified atom stereocenters. The van der Waals surface area contributed by atoms with Crippen molar-refractivity contribution < 1.29 is 29.6 Å². The molecule has 4 atom stereocenters. The number of aliphatic hydroxyl groups is 2. The molecule has 1 amide bonds. The second-order valence-electron chi connectivity index (χ2n) is 8.27. The molecular formula is C21H27N7O6. The molecule has 182 valence electrons. The highest BCUT2D eigenvalue weighted by Crippen LogP contribution is 2.32. The smallest absolute Gasteiger partial charge is 0.306 e. The number of nitrogens with zero attached hydrogens (tertiary/aromatic N) is 5. The summed E-state index contributed by atoms with van der Waals surface area (Å²) >= 11 is 0. The van der Waals surface area contributed by atoms with Crippen LogP contribution in [0.4, 0.5) is 5.82 Å². The number of carboxylic acids is 1. The molecule has 4 rings (SSSR count). The minimum atomic E-state index is -1.43. The third kappa shape index (κ3) is 4.66. The fraction of sp³-hybridized carbons (Fsp3) is 0.571. The van der Waals surface area contributed by atoms with Gasteiger partial charge in [0.25, 0.3) is 5.91 Å². The number of hydrogen-bond donors (Lipinski definition) is 5. The Hall–Kier alpha value is -3.31. The molecule has 0 radical (unpaired) electrons. The maximum absolute atomic E-state index is 12.2. The van der Waals surface area contributed by atoms with Crippen molar-refractivity contribution in [3.63, 3.8) is 0 Å². The van der Waals surface area contributed by atoms with Crippen LogP contribution in [0.3, 0.4) is 0 Å². The Balaban J connectivity index is 1.52. The zero-order chi connectivity index (χ0) is 24.4. The second-order valence-corrected chi connectivity index (χ2v) is 8.27. The highest BCUT2D eigenvalue weighted by atomic mass is 16.6. The summed E-state index contributed by atoms with van der Waals surface area (Å²) in [5.41, 5.74) is 6.54. The Bertz CT molecular complexity index is 1130. The lowest BCUT2D eigenvalue weighted by Crippen LogP contribution is -2.42. The fourth-order valence-corrected chi connectivity index (χ4v) is 4.13. The molecule has 0 spiro atoms. The summed E-state index contributed by atoms with van der Waals surface area (Å²) in [6, 6.07) is 0. The van der Waals surface area contributed by atoms with Gasteiger partial charge in [0.1, 0.15) is 17.7 Å². The Morgan fingerprint density at radius 3 is 2.68 bits per heavy atom. The van der Waals surface area contributed by atoms with E-state index in [0.717, 1.165) is 0 Å². The van der Waals surface area contributed by atoms with E-state index in [0.29, 0.717) is 39.0 Å². The monoisotopic (exact) mass is 473 g/mol. The maximum Gasteiger partial charge on any atom is 0.306 e. The number of anilines is 1. The summed E-state index contributed by atoms with van der Waals surface area (Å²) in [5.74, 6) is 4.47. The molecule has 13 nitrogen and oxygen atoms in total. The number of nitrogen functional groups attached to an aromatic ring is 1. The van der Waals surface area contributed by atoms with Crippen molar-refractivity contribution in [3.05, 3.63) is 12.2 Å². The molecule has 0 aliphatic carbocycles. The molecule has 34 heavy (non-hydrogen) atoms. The quantitative estimate of drug-likeness (QED) is 0.312. The van der Waals surface area contributed by atoms with Gasteiger partial charge in [-0.3, -0.25) is 19.1 Å². The van der Waals surface area contributed by atoms with Crippen molar-refractivity contribution in [2.24, 2.45) is 5.92 Å². The predicted molar refractivity (Wildman–Crippen MR) is 118 cm³/mol. The minimum absolute atomic E-state index is 0.0867. The van der Waals surface area contributed by atoms with Crippen LogP contribution in [0.2, 0.25) is 0 Å². The molecular weight excluding hydrogens is 446 g/mol. The molecule has 6 N–H and O–H groups in total. The van der Waals surface area contributed by atoms with Gasteiger partial charge < -0.3 is 31.1 Å². The number of aliphatic carboxylic acids is 1. The third-order valence-corrected chi connectivity index (χ3v) is 6.01. The molecule has 0 saturated carbocycles. The number of carboxylic acid groups (broad SMARTS) is 1. The highest BCUT2D eigenvalue weighted by molar-refractivity contribution is 5.83. The number of likely N-dealkylation sites (N-methyl/N-ethyl adjacent to an activating group) is 1. The van der Waals surface area contributed by atoms with Gasteiger partial charge in [-0.05, 0) is 38.8 Å². The van der Waals surface area contributed by atoms with E-state index in [2.05, 4.69) is 37.0 Å². The van der Waals surface area contributed by atoms with E-state index < -0.39 is 36.4 Å². The van der Waals surface area contributed by atoms with Crippen LogP contribution in [-0.4, -0.2) is 96.1 Å². The van der Waals surface area contributed by atoms with Crippen molar-refractivity contribution in [2.45, 2.75) is 44.3 Å². The van der Waals surface area contributed by atoms with Gasteiger partial charge in [-0.1, -0.05) is 5.92 Å². The lowest BCUT2D eigenvalue weighted by Gasteiger charge is -2.28. The van der Waals surface area contributed by atoms with Gasteiger partial charge in [0, 0.05) is 6.54 Å². The summed E-state index contributed by atoms with van der Waals surface area (Å²) in [4.78, 5) is 38.0. The van der Waals surface area contributed by atoms with Crippen LogP contribution < -0.4 is 11.1 Å². The number of carbonyl (C=O) groups excluding carboxylic acids is 1. The first kappa shape index (κ1) is 23.8. The zero-order valence-electron chi connectivity index (χ0n) is 18.6. The highest BCUT2D eigenvalue weighted by Gasteiger charge is 2.47. The third-order valence-electron chi connectivity index (χ3n) is 6.01. The van der Waals surface area contributed by atoms with Crippen molar-refractivity contribution in [2.75, 3.05) is 31.9 Å². The normalized spacial score (nSPS) is 25.7. The van der Waals surface area contributed by atoms with Crippen LogP contribution in [0.25, 0.3) is 11.2 Å². The topological polar surface area (TPSA) is 189 Å². The number of imidazole rings is 1. The van der Waals surface area contributed by atoms with E-state index in [4.69, 9.17) is 15.6 Å². The lowest BCUT2D eigenvalue weighted by molar-refractivity contribution is -0.143. The van der Waals surface area contributed by atoms with E-state index in [1.54, 1.807) is 6.92 Å². The number of aromatic nitrogens is 4. The molecule has 0 aromatic carbocycles. The van der Waals surface area contributed by atoms with Crippen molar-refractivity contribution >= 4 is 28.9 Å².